The Kier molecular flexibility index (Phi) is 3.38. The van der Waals surface area contributed by atoms with E-state index in [4.69, 9.17) is 9.15 Å². The van der Waals surface area contributed by atoms with Crippen molar-refractivity contribution in [3.05, 3.63) is 54.5 Å². The second-order valence-corrected chi connectivity index (χ2v) is 3.45. The molecule has 2 rings (SSSR count). The second-order valence-electron chi connectivity index (χ2n) is 3.45. The number of ether oxygens (including phenoxy) is 1. The fourth-order valence-corrected chi connectivity index (χ4v) is 1.35. The largest absolute Gasteiger partial charge is 0.486 e. The van der Waals surface area contributed by atoms with Crippen LogP contribution in [0.25, 0.3) is 0 Å². The molecule has 0 bridgehead atoms. The molecule has 0 N–H and O–H groups in total. The molecule has 0 radical (unpaired) electrons. The summed E-state index contributed by atoms with van der Waals surface area (Å²) in [5.41, 5.74) is 0.877. The quantitative estimate of drug-likeness (QED) is 0.770. The van der Waals surface area contributed by atoms with Crippen LogP contribution in [0.3, 0.4) is 0 Å². The molecule has 82 valence electrons. The molecule has 0 atom stereocenters. The lowest BCUT2D eigenvalue weighted by Crippen LogP contribution is -2.13. The zero-order chi connectivity index (χ0) is 11.2. The van der Waals surface area contributed by atoms with Gasteiger partial charge in [0.25, 0.3) is 0 Å². The van der Waals surface area contributed by atoms with Crippen molar-refractivity contribution < 1.29 is 13.9 Å². The summed E-state index contributed by atoms with van der Waals surface area (Å²) in [7, 11) is 0. The molecule has 16 heavy (non-hydrogen) atoms. The fourth-order valence-electron chi connectivity index (χ4n) is 1.35. The molecule has 2 aromatic rings. The first-order valence-electron chi connectivity index (χ1n) is 5.05. The van der Waals surface area contributed by atoms with Gasteiger partial charge in [-0.25, -0.2) is 0 Å². The van der Waals surface area contributed by atoms with Crippen LogP contribution in [0.1, 0.15) is 5.56 Å². The summed E-state index contributed by atoms with van der Waals surface area (Å²) in [4.78, 5) is 11.5. The number of carbonyl (C=O) groups is 1. The van der Waals surface area contributed by atoms with Crippen molar-refractivity contribution in [2.75, 3.05) is 6.61 Å². The Morgan fingerprint density at radius 1 is 1.19 bits per heavy atom. The molecular formula is C13H12O3. The lowest BCUT2D eigenvalue weighted by atomic mass is 10.2. The number of hydrogen-bond acceptors (Lipinski definition) is 3. The standard InChI is InChI=1S/C13H12O3/c14-12(8-11-6-7-15-9-11)10-16-13-4-2-1-3-5-13/h1-7,9H,8,10H2. The third-order valence-corrected chi connectivity index (χ3v) is 2.12. The van der Waals surface area contributed by atoms with Gasteiger partial charge in [0.15, 0.2) is 5.78 Å². The smallest absolute Gasteiger partial charge is 0.174 e. The van der Waals surface area contributed by atoms with Gasteiger partial charge in [-0.3, -0.25) is 4.79 Å². The van der Waals surface area contributed by atoms with E-state index in [-0.39, 0.29) is 12.4 Å². The molecule has 0 aliphatic heterocycles. The number of furan rings is 1. The highest BCUT2D eigenvalue weighted by molar-refractivity contribution is 5.82. The Bertz CT molecular complexity index is 431. The number of hydrogen-bond donors (Lipinski definition) is 0. The Morgan fingerprint density at radius 2 is 2.00 bits per heavy atom. The Labute approximate surface area is 93.7 Å². The van der Waals surface area contributed by atoms with Gasteiger partial charge in [-0.05, 0) is 23.8 Å². The Hall–Kier alpha value is -2.03. The van der Waals surface area contributed by atoms with Crippen molar-refractivity contribution in [2.45, 2.75) is 6.42 Å². The molecule has 0 saturated heterocycles. The number of para-hydroxylation sites is 1. The van der Waals surface area contributed by atoms with Gasteiger partial charge in [0.05, 0.1) is 12.5 Å². The van der Waals surface area contributed by atoms with Gasteiger partial charge in [0.1, 0.15) is 12.4 Å². The zero-order valence-electron chi connectivity index (χ0n) is 8.76. The monoisotopic (exact) mass is 216 g/mol. The Morgan fingerprint density at radius 3 is 2.69 bits per heavy atom. The highest BCUT2D eigenvalue weighted by Gasteiger charge is 2.05. The summed E-state index contributed by atoms with van der Waals surface area (Å²) >= 11 is 0. The van der Waals surface area contributed by atoms with Crippen molar-refractivity contribution in [1.29, 1.82) is 0 Å². The van der Waals surface area contributed by atoms with E-state index >= 15 is 0 Å². The molecule has 0 aliphatic rings. The SMILES string of the molecule is O=C(COc1ccccc1)Cc1ccoc1. The van der Waals surface area contributed by atoms with E-state index in [1.54, 1.807) is 18.6 Å². The summed E-state index contributed by atoms with van der Waals surface area (Å²) in [6, 6.07) is 11.1. The highest BCUT2D eigenvalue weighted by Crippen LogP contribution is 2.08. The van der Waals surface area contributed by atoms with Gasteiger partial charge < -0.3 is 9.15 Å². The van der Waals surface area contributed by atoms with Crippen molar-refractivity contribution in [3.8, 4) is 5.75 Å². The Balaban J connectivity index is 1.80. The number of benzene rings is 1. The molecule has 0 saturated carbocycles. The van der Waals surface area contributed by atoms with Gasteiger partial charge in [0.2, 0.25) is 0 Å². The number of Topliss-reactive ketones (excluding diaryl/α,β-unsaturated/α-hetero) is 1. The molecule has 3 nitrogen and oxygen atoms in total. The number of rotatable bonds is 5. The van der Waals surface area contributed by atoms with E-state index in [2.05, 4.69) is 0 Å². The van der Waals surface area contributed by atoms with E-state index in [0.717, 1.165) is 5.56 Å². The first-order valence-corrected chi connectivity index (χ1v) is 5.05. The second kappa shape index (κ2) is 5.16. The number of ketones is 1. The fraction of sp³-hybridized carbons (Fsp3) is 0.154. The van der Waals surface area contributed by atoms with Gasteiger partial charge in [-0.1, -0.05) is 18.2 Å². The number of carbonyl (C=O) groups excluding carboxylic acids is 1. The van der Waals surface area contributed by atoms with Crippen molar-refractivity contribution in [3.63, 3.8) is 0 Å². The average Bonchev–Trinajstić information content (AvgIpc) is 2.81. The molecular weight excluding hydrogens is 204 g/mol. The molecule has 1 aromatic heterocycles. The van der Waals surface area contributed by atoms with Crippen molar-refractivity contribution in [1.82, 2.24) is 0 Å². The summed E-state index contributed by atoms with van der Waals surface area (Å²) in [5, 5.41) is 0. The van der Waals surface area contributed by atoms with Gasteiger partial charge in [-0.15, -0.1) is 0 Å². The lowest BCUT2D eigenvalue weighted by Gasteiger charge is -2.03. The van der Waals surface area contributed by atoms with Gasteiger partial charge in [0, 0.05) is 6.42 Å². The lowest BCUT2D eigenvalue weighted by molar-refractivity contribution is -0.120. The van der Waals surface area contributed by atoms with Crippen LogP contribution < -0.4 is 4.74 Å². The van der Waals surface area contributed by atoms with E-state index in [1.165, 1.54) is 0 Å². The van der Waals surface area contributed by atoms with Gasteiger partial charge in [-0.2, -0.15) is 0 Å². The minimum Gasteiger partial charge on any atom is -0.486 e. The van der Waals surface area contributed by atoms with Crippen LogP contribution in [0.5, 0.6) is 5.75 Å². The van der Waals surface area contributed by atoms with Crippen LogP contribution >= 0.6 is 0 Å². The zero-order valence-corrected chi connectivity index (χ0v) is 8.76. The minimum atomic E-state index is 0.0326. The van der Waals surface area contributed by atoms with E-state index in [0.29, 0.717) is 12.2 Å². The minimum absolute atomic E-state index is 0.0326. The van der Waals surface area contributed by atoms with Crippen LogP contribution in [0, 0.1) is 0 Å². The van der Waals surface area contributed by atoms with E-state index in [9.17, 15) is 4.79 Å². The van der Waals surface area contributed by atoms with Crippen LogP contribution in [0.4, 0.5) is 0 Å². The first-order chi connectivity index (χ1) is 7.84. The summed E-state index contributed by atoms with van der Waals surface area (Å²) in [5.74, 6) is 0.744. The maximum absolute atomic E-state index is 11.5. The average molecular weight is 216 g/mol. The maximum atomic E-state index is 11.5. The topological polar surface area (TPSA) is 39.4 Å². The first kappa shape index (κ1) is 10.5. The molecule has 0 aliphatic carbocycles. The molecule has 0 amide bonds. The predicted octanol–water partition coefficient (Wildman–Crippen LogP) is 2.47. The normalized spacial score (nSPS) is 10.0. The van der Waals surface area contributed by atoms with Crippen molar-refractivity contribution >= 4 is 5.78 Å². The molecule has 3 heteroatoms. The molecule has 0 spiro atoms. The van der Waals surface area contributed by atoms with Crippen molar-refractivity contribution in [2.24, 2.45) is 0 Å². The third kappa shape index (κ3) is 2.98. The molecule has 1 heterocycles. The maximum Gasteiger partial charge on any atom is 0.174 e. The molecule has 0 fully saturated rings. The van der Waals surface area contributed by atoms with Crippen LogP contribution in [0.2, 0.25) is 0 Å². The van der Waals surface area contributed by atoms with Crippen LogP contribution in [0.15, 0.2) is 53.3 Å². The third-order valence-electron chi connectivity index (χ3n) is 2.12. The summed E-state index contributed by atoms with van der Waals surface area (Å²) in [6.07, 6.45) is 3.48. The summed E-state index contributed by atoms with van der Waals surface area (Å²) < 4.78 is 10.2. The van der Waals surface area contributed by atoms with Crippen LogP contribution in [-0.2, 0) is 11.2 Å². The van der Waals surface area contributed by atoms with Crippen LogP contribution in [-0.4, -0.2) is 12.4 Å². The predicted molar refractivity (Wildman–Crippen MR) is 59.4 cm³/mol. The molecule has 0 unspecified atom stereocenters. The summed E-state index contributed by atoms with van der Waals surface area (Å²) in [6.45, 7) is 0.0925. The van der Waals surface area contributed by atoms with Gasteiger partial charge >= 0.3 is 0 Å². The molecule has 1 aromatic carbocycles. The van der Waals surface area contributed by atoms with E-state index < -0.39 is 0 Å². The highest BCUT2D eigenvalue weighted by atomic mass is 16.5. The van der Waals surface area contributed by atoms with E-state index in [1.807, 2.05) is 30.3 Å².